The molecule has 0 aliphatic carbocycles. The number of nitrogens with one attached hydrogen (secondary N) is 1. The summed E-state index contributed by atoms with van der Waals surface area (Å²) in [5.41, 5.74) is 4.17. The first-order valence-corrected chi connectivity index (χ1v) is 10.3. The molecule has 0 atom stereocenters. The number of anilines is 1. The Balaban J connectivity index is 1.62. The maximum absolute atomic E-state index is 12.6. The summed E-state index contributed by atoms with van der Waals surface area (Å²) in [5.74, 6) is -0.444. The molecule has 144 valence electrons. The van der Waals surface area contributed by atoms with Gasteiger partial charge in [-0.3, -0.25) is 9.59 Å². The predicted molar refractivity (Wildman–Crippen MR) is 117 cm³/mol. The van der Waals surface area contributed by atoms with Crippen molar-refractivity contribution >= 4 is 44.8 Å². The number of carbonyl (C=O) groups excluding carboxylic acids is 2. The molecule has 1 N–H and O–H groups in total. The Kier molecular flexibility index (Phi) is 6.26. The lowest BCUT2D eigenvalue weighted by Gasteiger charge is -2.17. The molecule has 0 saturated heterocycles. The van der Waals surface area contributed by atoms with Crippen LogP contribution in [0.3, 0.4) is 0 Å². The lowest BCUT2D eigenvalue weighted by atomic mass is 10.1. The summed E-state index contributed by atoms with van der Waals surface area (Å²) in [7, 11) is 1.62. The fourth-order valence-corrected chi connectivity index (χ4v) is 3.99. The molecule has 0 aliphatic heterocycles. The van der Waals surface area contributed by atoms with Crippen LogP contribution in [0, 0.1) is 13.8 Å². The number of benzene rings is 2. The molecule has 3 rings (SSSR count). The van der Waals surface area contributed by atoms with Gasteiger partial charge in [0.2, 0.25) is 5.91 Å². The molecular weight excluding hydrogens is 438 g/mol. The molecule has 28 heavy (non-hydrogen) atoms. The van der Waals surface area contributed by atoms with Gasteiger partial charge in [-0.1, -0.05) is 28.1 Å². The minimum Gasteiger partial charge on any atom is -0.332 e. The third-order valence-corrected chi connectivity index (χ3v) is 5.69. The second kappa shape index (κ2) is 8.67. The molecule has 3 aromatic rings. The zero-order valence-electron chi connectivity index (χ0n) is 15.8. The van der Waals surface area contributed by atoms with Crippen LogP contribution in [0.15, 0.2) is 52.3 Å². The van der Waals surface area contributed by atoms with Crippen molar-refractivity contribution in [1.29, 1.82) is 0 Å². The summed E-state index contributed by atoms with van der Waals surface area (Å²) < 4.78 is 0.951. The number of amides is 2. The minimum atomic E-state index is -0.240. The predicted octanol–water partition coefficient (Wildman–Crippen LogP) is 4.90. The van der Waals surface area contributed by atoms with E-state index in [1.807, 2.05) is 49.6 Å². The molecule has 1 heterocycles. The third-order valence-electron chi connectivity index (χ3n) is 4.19. The van der Waals surface area contributed by atoms with Gasteiger partial charge in [-0.2, -0.15) is 0 Å². The van der Waals surface area contributed by atoms with E-state index < -0.39 is 0 Å². The number of halogens is 1. The Labute approximate surface area is 176 Å². The first-order chi connectivity index (χ1) is 13.3. The van der Waals surface area contributed by atoms with Crippen LogP contribution in [0.2, 0.25) is 0 Å². The van der Waals surface area contributed by atoms with Crippen molar-refractivity contribution in [3.05, 3.63) is 69.1 Å². The summed E-state index contributed by atoms with van der Waals surface area (Å²) in [5, 5.41) is 5.77. The Morgan fingerprint density at radius 2 is 1.86 bits per heavy atom. The van der Waals surface area contributed by atoms with E-state index in [9.17, 15) is 9.59 Å². The number of thiazole rings is 1. The Hall–Kier alpha value is -2.51. The summed E-state index contributed by atoms with van der Waals surface area (Å²) in [4.78, 5) is 30.8. The van der Waals surface area contributed by atoms with E-state index in [-0.39, 0.29) is 18.4 Å². The molecule has 0 spiro atoms. The van der Waals surface area contributed by atoms with E-state index in [1.54, 1.807) is 30.5 Å². The van der Waals surface area contributed by atoms with E-state index in [0.29, 0.717) is 5.56 Å². The van der Waals surface area contributed by atoms with Crippen molar-refractivity contribution in [2.75, 3.05) is 18.9 Å². The SMILES string of the molecule is Cc1csc(-c2ccc(C(=O)N(C)CC(=O)Nc3ccc(Br)cc3C)cc2)n1. The highest BCUT2D eigenvalue weighted by Crippen LogP contribution is 2.24. The highest BCUT2D eigenvalue weighted by atomic mass is 79.9. The number of hydrogen-bond donors (Lipinski definition) is 1. The van der Waals surface area contributed by atoms with Gasteiger partial charge < -0.3 is 10.2 Å². The van der Waals surface area contributed by atoms with Crippen molar-refractivity contribution in [3.8, 4) is 10.6 Å². The van der Waals surface area contributed by atoms with Crippen LogP contribution in [0.5, 0.6) is 0 Å². The van der Waals surface area contributed by atoms with E-state index in [4.69, 9.17) is 0 Å². The number of aromatic nitrogens is 1. The van der Waals surface area contributed by atoms with Gasteiger partial charge in [0.25, 0.3) is 5.91 Å². The maximum Gasteiger partial charge on any atom is 0.254 e. The molecule has 0 fully saturated rings. The number of aryl methyl sites for hydroxylation is 2. The largest absolute Gasteiger partial charge is 0.332 e. The van der Waals surface area contributed by atoms with Gasteiger partial charge >= 0.3 is 0 Å². The van der Waals surface area contributed by atoms with Crippen LogP contribution in [-0.2, 0) is 4.79 Å². The number of nitrogens with zero attached hydrogens (tertiary/aromatic N) is 2. The normalized spacial score (nSPS) is 10.6. The van der Waals surface area contributed by atoms with Crippen LogP contribution in [-0.4, -0.2) is 35.3 Å². The summed E-state index contributed by atoms with van der Waals surface area (Å²) in [6, 6.07) is 12.9. The summed E-state index contributed by atoms with van der Waals surface area (Å²) in [6.45, 7) is 3.84. The summed E-state index contributed by atoms with van der Waals surface area (Å²) in [6.07, 6.45) is 0. The van der Waals surface area contributed by atoms with Gasteiger partial charge in [-0.25, -0.2) is 4.98 Å². The molecule has 0 unspecified atom stereocenters. The topological polar surface area (TPSA) is 62.3 Å². The van der Waals surface area contributed by atoms with Gasteiger partial charge in [-0.05, 0) is 49.7 Å². The maximum atomic E-state index is 12.6. The van der Waals surface area contributed by atoms with Gasteiger partial charge in [-0.15, -0.1) is 11.3 Å². The van der Waals surface area contributed by atoms with E-state index >= 15 is 0 Å². The molecule has 0 aliphatic rings. The lowest BCUT2D eigenvalue weighted by Crippen LogP contribution is -2.35. The Bertz CT molecular complexity index is 1010. The standard InChI is InChI=1S/C21H20BrN3O2S/c1-13-10-17(22)8-9-18(13)24-19(26)11-25(3)21(27)16-6-4-15(5-7-16)20-23-14(2)12-28-20/h4-10,12H,11H2,1-3H3,(H,24,26). The monoisotopic (exact) mass is 457 g/mol. The lowest BCUT2D eigenvalue weighted by molar-refractivity contribution is -0.116. The van der Waals surface area contributed by atoms with Gasteiger partial charge in [0, 0.05) is 39.4 Å². The van der Waals surface area contributed by atoms with Crippen LogP contribution < -0.4 is 5.32 Å². The van der Waals surface area contributed by atoms with Crippen molar-refractivity contribution in [2.24, 2.45) is 0 Å². The third kappa shape index (κ3) is 4.85. The van der Waals surface area contributed by atoms with Crippen molar-refractivity contribution in [2.45, 2.75) is 13.8 Å². The highest BCUT2D eigenvalue weighted by Gasteiger charge is 2.16. The van der Waals surface area contributed by atoms with Crippen LogP contribution in [0.1, 0.15) is 21.6 Å². The van der Waals surface area contributed by atoms with Gasteiger partial charge in [0.05, 0.1) is 6.54 Å². The van der Waals surface area contributed by atoms with Crippen molar-refractivity contribution < 1.29 is 9.59 Å². The van der Waals surface area contributed by atoms with Gasteiger partial charge in [0.1, 0.15) is 5.01 Å². The van der Waals surface area contributed by atoms with Gasteiger partial charge in [0.15, 0.2) is 0 Å². The van der Waals surface area contributed by atoms with E-state index in [1.165, 1.54) is 4.90 Å². The molecule has 2 aromatic carbocycles. The number of likely N-dealkylation sites (N-methyl/N-ethyl adjacent to an activating group) is 1. The molecule has 0 saturated carbocycles. The zero-order valence-corrected chi connectivity index (χ0v) is 18.2. The smallest absolute Gasteiger partial charge is 0.254 e. The fourth-order valence-electron chi connectivity index (χ4n) is 2.71. The van der Waals surface area contributed by atoms with E-state index in [0.717, 1.165) is 32.0 Å². The zero-order chi connectivity index (χ0) is 20.3. The van der Waals surface area contributed by atoms with Crippen molar-refractivity contribution in [3.63, 3.8) is 0 Å². The molecule has 0 bridgehead atoms. The second-order valence-electron chi connectivity index (χ2n) is 6.54. The Morgan fingerprint density at radius 1 is 1.14 bits per heavy atom. The highest BCUT2D eigenvalue weighted by molar-refractivity contribution is 9.10. The first kappa shape index (κ1) is 20.2. The first-order valence-electron chi connectivity index (χ1n) is 8.67. The van der Waals surface area contributed by atoms with Crippen LogP contribution in [0.4, 0.5) is 5.69 Å². The molecule has 5 nitrogen and oxygen atoms in total. The quantitative estimate of drug-likeness (QED) is 0.592. The number of carbonyl (C=O) groups is 2. The van der Waals surface area contributed by atoms with Crippen molar-refractivity contribution in [1.82, 2.24) is 9.88 Å². The average Bonchev–Trinajstić information content (AvgIpc) is 3.10. The Morgan fingerprint density at radius 3 is 2.46 bits per heavy atom. The second-order valence-corrected chi connectivity index (χ2v) is 8.31. The average molecular weight is 458 g/mol. The summed E-state index contributed by atoms with van der Waals surface area (Å²) >= 11 is 4.97. The molecule has 7 heteroatoms. The number of rotatable bonds is 5. The molecular formula is C21H20BrN3O2S. The molecule has 2 amide bonds. The van der Waals surface area contributed by atoms with Crippen LogP contribution >= 0.6 is 27.3 Å². The van der Waals surface area contributed by atoms with E-state index in [2.05, 4.69) is 26.2 Å². The van der Waals surface area contributed by atoms with Crippen LogP contribution in [0.25, 0.3) is 10.6 Å². The molecule has 0 radical (unpaired) electrons. The fraction of sp³-hybridized carbons (Fsp3) is 0.190. The molecule has 1 aromatic heterocycles. The number of hydrogen-bond acceptors (Lipinski definition) is 4. The minimum absolute atomic E-state index is 0.0260.